The molecule has 1 aromatic rings. The Balaban J connectivity index is 3.22. The van der Waals surface area contributed by atoms with Crippen LogP contribution in [0, 0.1) is 0 Å². The lowest BCUT2D eigenvalue weighted by Gasteiger charge is -2.11. The van der Waals surface area contributed by atoms with Gasteiger partial charge in [-0.15, -0.1) is 0 Å². The maximum absolute atomic E-state index is 11.0. The van der Waals surface area contributed by atoms with Crippen molar-refractivity contribution in [3.05, 3.63) is 28.8 Å². The van der Waals surface area contributed by atoms with Crippen LogP contribution in [-0.2, 0) is 12.8 Å². The van der Waals surface area contributed by atoms with Crippen molar-refractivity contribution >= 4 is 6.29 Å². The number of aldehydes is 1. The average molecular weight is 206 g/mol. The molecule has 0 heterocycles. The van der Waals surface area contributed by atoms with Crippen LogP contribution in [0.15, 0.2) is 12.1 Å². The van der Waals surface area contributed by atoms with Crippen molar-refractivity contribution in [3.63, 3.8) is 0 Å². The number of aryl methyl sites for hydroxylation is 2. The minimum absolute atomic E-state index is 0.659. The summed E-state index contributed by atoms with van der Waals surface area (Å²) < 4.78 is 5.47. The molecular weight excluding hydrogens is 188 g/mol. The van der Waals surface area contributed by atoms with E-state index in [2.05, 4.69) is 13.8 Å². The summed E-state index contributed by atoms with van der Waals surface area (Å²) in [7, 11) is 0. The number of ether oxygens (including phenoxy) is 1. The Morgan fingerprint density at radius 3 is 2.00 bits per heavy atom. The molecule has 2 heteroatoms. The summed E-state index contributed by atoms with van der Waals surface area (Å²) in [6.45, 7) is 6.73. The maximum atomic E-state index is 11.0. The van der Waals surface area contributed by atoms with Crippen molar-refractivity contribution in [3.8, 4) is 5.75 Å². The molecule has 0 amide bonds. The van der Waals surface area contributed by atoms with E-state index in [4.69, 9.17) is 4.74 Å². The molecule has 2 nitrogen and oxygen atoms in total. The van der Waals surface area contributed by atoms with E-state index in [0.717, 1.165) is 41.6 Å². The van der Waals surface area contributed by atoms with Crippen molar-refractivity contribution in [1.82, 2.24) is 0 Å². The van der Waals surface area contributed by atoms with Crippen LogP contribution in [0.1, 0.15) is 42.3 Å². The largest absolute Gasteiger partial charge is 0.494 e. The molecule has 0 aliphatic heterocycles. The molecule has 0 aliphatic carbocycles. The number of rotatable bonds is 5. The molecule has 0 radical (unpaired) electrons. The van der Waals surface area contributed by atoms with E-state index in [1.54, 1.807) is 0 Å². The Hall–Kier alpha value is -1.31. The standard InChI is InChI=1S/C13H18O2/c1-4-10-7-12(15-6-3)8-11(5-2)13(10)9-14/h7-9H,4-6H2,1-3H3. The minimum atomic E-state index is 0.659. The molecule has 0 spiro atoms. The number of benzene rings is 1. The minimum Gasteiger partial charge on any atom is -0.494 e. The topological polar surface area (TPSA) is 26.3 Å². The number of hydrogen-bond donors (Lipinski definition) is 0. The molecule has 15 heavy (non-hydrogen) atoms. The van der Waals surface area contributed by atoms with Gasteiger partial charge in [-0.3, -0.25) is 4.79 Å². The van der Waals surface area contributed by atoms with Crippen LogP contribution in [0.5, 0.6) is 5.75 Å². The number of carbonyl (C=O) groups is 1. The van der Waals surface area contributed by atoms with Crippen LogP contribution < -0.4 is 4.74 Å². The molecule has 0 fully saturated rings. The lowest BCUT2D eigenvalue weighted by molar-refractivity contribution is 0.112. The Morgan fingerprint density at radius 1 is 1.13 bits per heavy atom. The van der Waals surface area contributed by atoms with Gasteiger partial charge in [-0.1, -0.05) is 13.8 Å². The molecule has 0 atom stereocenters. The molecule has 0 N–H and O–H groups in total. The first-order valence-electron chi connectivity index (χ1n) is 5.50. The smallest absolute Gasteiger partial charge is 0.150 e. The van der Waals surface area contributed by atoms with Crippen LogP contribution in [0.2, 0.25) is 0 Å². The van der Waals surface area contributed by atoms with Crippen molar-refractivity contribution in [2.45, 2.75) is 33.6 Å². The summed E-state index contributed by atoms with van der Waals surface area (Å²) in [6.07, 6.45) is 2.68. The van der Waals surface area contributed by atoms with Gasteiger partial charge in [-0.2, -0.15) is 0 Å². The zero-order valence-corrected chi connectivity index (χ0v) is 9.67. The second kappa shape index (κ2) is 5.54. The molecule has 0 saturated heterocycles. The van der Waals surface area contributed by atoms with Gasteiger partial charge in [0.15, 0.2) is 6.29 Å². The second-order valence-electron chi connectivity index (χ2n) is 3.41. The van der Waals surface area contributed by atoms with E-state index in [9.17, 15) is 4.79 Å². The molecule has 0 aromatic heterocycles. The zero-order chi connectivity index (χ0) is 11.3. The van der Waals surface area contributed by atoms with Crippen LogP contribution in [0.25, 0.3) is 0 Å². The van der Waals surface area contributed by atoms with Gasteiger partial charge in [-0.05, 0) is 43.0 Å². The second-order valence-corrected chi connectivity index (χ2v) is 3.41. The monoisotopic (exact) mass is 206 g/mol. The van der Waals surface area contributed by atoms with Gasteiger partial charge in [0, 0.05) is 5.56 Å². The maximum Gasteiger partial charge on any atom is 0.150 e. The van der Waals surface area contributed by atoms with Gasteiger partial charge in [0.1, 0.15) is 5.75 Å². The average Bonchev–Trinajstić information content (AvgIpc) is 2.28. The third-order valence-corrected chi connectivity index (χ3v) is 2.52. The predicted octanol–water partition coefficient (Wildman–Crippen LogP) is 3.02. The van der Waals surface area contributed by atoms with Crippen LogP contribution >= 0.6 is 0 Å². The fraction of sp³-hybridized carbons (Fsp3) is 0.462. The lowest BCUT2D eigenvalue weighted by atomic mass is 9.98. The van der Waals surface area contributed by atoms with Gasteiger partial charge in [0.2, 0.25) is 0 Å². The first-order chi connectivity index (χ1) is 7.26. The van der Waals surface area contributed by atoms with Crippen molar-refractivity contribution in [2.24, 2.45) is 0 Å². The summed E-state index contributed by atoms with van der Waals surface area (Å²) in [5, 5.41) is 0. The number of carbonyl (C=O) groups excluding carboxylic acids is 1. The highest BCUT2D eigenvalue weighted by atomic mass is 16.5. The van der Waals surface area contributed by atoms with Crippen molar-refractivity contribution in [2.75, 3.05) is 6.61 Å². The summed E-state index contributed by atoms with van der Waals surface area (Å²) in [4.78, 5) is 11.0. The third-order valence-electron chi connectivity index (χ3n) is 2.52. The summed E-state index contributed by atoms with van der Waals surface area (Å²) >= 11 is 0. The summed E-state index contributed by atoms with van der Waals surface area (Å²) in [5.41, 5.74) is 2.99. The third kappa shape index (κ3) is 2.58. The van der Waals surface area contributed by atoms with E-state index < -0.39 is 0 Å². The lowest BCUT2D eigenvalue weighted by Crippen LogP contribution is -2.00. The van der Waals surface area contributed by atoms with E-state index in [1.165, 1.54) is 0 Å². The van der Waals surface area contributed by atoms with Crippen LogP contribution in [0.3, 0.4) is 0 Å². The van der Waals surface area contributed by atoms with E-state index in [0.29, 0.717) is 6.61 Å². The fourth-order valence-electron chi connectivity index (χ4n) is 1.73. The zero-order valence-electron chi connectivity index (χ0n) is 9.67. The first kappa shape index (κ1) is 11.8. The molecule has 82 valence electrons. The molecule has 0 saturated carbocycles. The molecule has 1 aromatic carbocycles. The molecule has 0 bridgehead atoms. The molecule has 0 aliphatic rings. The Kier molecular flexibility index (Phi) is 4.35. The molecular formula is C13H18O2. The summed E-state index contributed by atoms with van der Waals surface area (Å²) in [5.74, 6) is 0.872. The van der Waals surface area contributed by atoms with E-state index in [-0.39, 0.29) is 0 Å². The fourth-order valence-corrected chi connectivity index (χ4v) is 1.73. The highest BCUT2D eigenvalue weighted by Gasteiger charge is 2.08. The summed E-state index contributed by atoms with van der Waals surface area (Å²) in [6, 6.07) is 3.93. The quantitative estimate of drug-likeness (QED) is 0.692. The highest BCUT2D eigenvalue weighted by Crippen LogP contribution is 2.22. The van der Waals surface area contributed by atoms with Gasteiger partial charge in [0.25, 0.3) is 0 Å². The number of hydrogen-bond acceptors (Lipinski definition) is 2. The Labute approximate surface area is 91.3 Å². The van der Waals surface area contributed by atoms with Crippen molar-refractivity contribution < 1.29 is 9.53 Å². The van der Waals surface area contributed by atoms with Gasteiger partial charge < -0.3 is 4.74 Å². The van der Waals surface area contributed by atoms with Crippen LogP contribution in [0.4, 0.5) is 0 Å². The molecule has 0 unspecified atom stereocenters. The van der Waals surface area contributed by atoms with Gasteiger partial charge >= 0.3 is 0 Å². The van der Waals surface area contributed by atoms with E-state index in [1.807, 2.05) is 19.1 Å². The molecule has 1 rings (SSSR count). The predicted molar refractivity (Wildman–Crippen MR) is 61.8 cm³/mol. The first-order valence-corrected chi connectivity index (χ1v) is 5.50. The highest BCUT2D eigenvalue weighted by molar-refractivity contribution is 5.80. The Bertz CT molecular complexity index is 317. The van der Waals surface area contributed by atoms with E-state index >= 15 is 0 Å². The van der Waals surface area contributed by atoms with Gasteiger partial charge in [0.05, 0.1) is 6.61 Å². The SMILES string of the molecule is CCOc1cc(CC)c(C=O)c(CC)c1. The normalized spacial score (nSPS) is 10.1. The van der Waals surface area contributed by atoms with Gasteiger partial charge in [-0.25, -0.2) is 0 Å². The van der Waals surface area contributed by atoms with Crippen molar-refractivity contribution in [1.29, 1.82) is 0 Å². The van der Waals surface area contributed by atoms with Crippen LogP contribution in [-0.4, -0.2) is 12.9 Å². The Morgan fingerprint density at radius 2 is 1.67 bits per heavy atom.